The molecule has 1 saturated heterocycles. The van der Waals surface area contributed by atoms with Gasteiger partial charge in [-0.3, -0.25) is 9.59 Å². The molecule has 0 saturated carbocycles. The summed E-state index contributed by atoms with van der Waals surface area (Å²) < 4.78 is 0. The van der Waals surface area contributed by atoms with Gasteiger partial charge in [0.2, 0.25) is 0 Å². The summed E-state index contributed by atoms with van der Waals surface area (Å²) in [5.74, 6) is -1.23. The highest BCUT2D eigenvalue weighted by Crippen LogP contribution is 2.17. The highest BCUT2D eigenvalue weighted by molar-refractivity contribution is 6.39. The second-order valence-electron chi connectivity index (χ2n) is 7.43. The number of benzene rings is 2. The molecule has 2 aromatic carbocycles. The first-order valence-electron chi connectivity index (χ1n) is 10.3. The summed E-state index contributed by atoms with van der Waals surface area (Å²) in [5, 5.41) is 5.40. The summed E-state index contributed by atoms with van der Waals surface area (Å²) in [6, 6.07) is 16.0. The molecule has 1 fully saturated rings. The van der Waals surface area contributed by atoms with E-state index in [1.54, 1.807) is 0 Å². The van der Waals surface area contributed by atoms with Gasteiger partial charge >= 0.3 is 11.8 Å². The average molecular weight is 395 g/mol. The van der Waals surface area contributed by atoms with Gasteiger partial charge in [0, 0.05) is 44.1 Å². The van der Waals surface area contributed by atoms with Crippen LogP contribution in [0.25, 0.3) is 0 Å². The van der Waals surface area contributed by atoms with Crippen molar-refractivity contribution < 1.29 is 9.59 Å². The van der Waals surface area contributed by atoms with E-state index in [2.05, 4.69) is 51.7 Å². The molecule has 2 aromatic rings. The molecule has 6 heteroatoms. The number of carbonyl (C=O) groups excluding carboxylic acids is 2. The molecule has 1 heterocycles. The van der Waals surface area contributed by atoms with E-state index in [-0.39, 0.29) is 0 Å². The topological polar surface area (TPSA) is 64.7 Å². The molecule has 2 N–H and O–H groups in total. The molecular weight excluding hydrogens is 364 g/mol. The lowest BCUT2D eigenvalue weighted by molar-refractivity contribution is -0.136. The number of hydrogen-bond acceptors (Lipinski definition) is 4. The van der Waals surface area contributed by atoms with Gasteiger partial charge in [0.15, 0.2) is 0 Å². The maximum absolute atomic E-state index is 12.1. The Balaban J connectivity index is 1.44. The molecule has 1 aliphatic heterocycles. The summed E-state index contributed by atoms with van der Waals surface area (Å²) in [4.78, 5) is 29.0. The number of likely N-dealkylation sites (N-methyl/N-ethyl adjacent to an activating group) is 1. The quantitative estimate of drug-likeness (QED) is 0.738. The van der Waals surface area contributed by atoms with Crippen molar-refractivity contribution in [2.45, 2.75) is 19.8 Å². The number of amides is 2. The van der Waals surface area contributed by atoms with Crippen LogP contribution in [0.2, 0.25) is 0 Å². The van der Waals surface area contributed by atoms with Crippen molar-refractivity contribution in [3.8, 4) is 0 Å². The lowest BCUT2D eigenvalue weighted by Gasteiger charge is -2.34. The SMILES string of the molecule is CCc1ccccc1NC(=O)C(=O)NCCc1ccc(N2CCN(C)CC2)cc1. The number of carbonyl (C=O) groups is 2. The predicted molar refractivity (Wildman–Crippen MR) is 117 cm³/mol. The lowest BCUT2D eigenvalue weighted by Crippen LogP contribution is -2.44. The second kappa shape index (κ2) is 10.1. The van der Waals surface area contributed by atoms with Crippen molar-refractivity contribution in [2.75, 3.05) is 50.0 Å². The van der Waals surface area contributed by atoms with Crippen LogP contribution in [0.15, 0.2) is 48.5 Å². The molecule has 29 heavy (non-hydrogen) atoms. The van der Waals surface area contributed by atoms with Crippen molar-refractivity contribution in [1.29, 1.82) is 0 Å². The zero-order chi connectivity index (χ0) is 20.6. The minimum absolute atomic E-state index is 0.426. The molecule has 0 radical (unpaired) electrons. The van der Waals surface area contributed by atoms with E-state index in [0.29, 0.717) is 18.7 Å². The van der Waals surface area contributed by atoms with Gasteiger partial charge in [-0.25, -0.2) is 0 Å². The molecule has 0 bridgehead atoms. The van der Waals surface area contributed by atoms with Crippen molar-refractivity contribution >= 4 is 23.2 Å². The second-order valence-corrected chi connectivity index (χ2v) is 7.43. The Kier molecular flexibility index (Phi) is 7.25. The number of rotatable bonds is 6. The van der Waals surface area contributed by atoms with Gasteiger partial charge in [0.1, 0.15) is 0 Å². The summed E-state index contributed by atoms with van der Waals surface area (Å²) in [7, 11) is 2.15. The fraction of sp³-hybridized carbons (Fsp3) is 0.391. The van der Waals surface area contributed by atoms with Gasteiger partial charge in [-0.05, 0) is 49.2 Å². The Morgan fingerprint density at radius 1 is 0.931 bits per heavy atom. The van der Waals surface area contributed by atoms with E-state index < -0.39 is 11.8 Å². The largest absolute Gasteiger partial charge is 0.369 e. The van der Waals surface area contributed by atoms with Crippen molar-refractivity contribution in [3.05, 3.63) is 59.7 Å². The molecule has 6 nitrogen and oxygen atoms in total. The molecule has 1 aliphatic rings. The molecule has 0 aromatic heterocycles. The average Bonchev–Trinajstić information content (AvgIpc) is 2.75. The first-order chi connectivity index (χ1) is 14.1. The standard InChI is InChI=1S/C23H30N4O2/c1-3-19-6-4-5-7-21(19)25-23(29)22(28)24-13-12-18-8-10-20(11-9-18)27-16-14-26(2)15-17-27/h4-11H,3,12-17H2,1-2H3,(H,24,28)(H,25,29). The van der Waals surface area contributed by atoms with E-state index in [1.807, 2.05) is 31.2 Å². The molecule has 0 spiro atoms. The Morgan fingerprint density at radius 3 is 2.31 bits per heavy atom. The van der Waals surface area contributed by atoms with Crippen LogP contribution in [0.3, 0.4) is 0 Å². The van der Waals surface area contributed by atoms with Crippen molar-refractivity contribution in [1.82, 2.24) is 10.2 Å². The molecule has 3 rings (SSSR count). The highest BCUT2D eigenvalue weighted by Gasteiger charge is 2.15. The number of nitrogens with one attached hydrogen (secondary N) is 2. The van der Waals surface area contributed by atoms with Gasteiger partial charge < -0.3 is 20.4 Å². The molecule has 154 valence electrons. The van der Waals surface area contributed by atoms with Crippen molar-refractivity contribution in [2.24, 2.45) is 0 Å². The van der Waals surface area contributed by atoms with Crippen LogP contribution in [-0.2, 0) is 22.4 Å². The van der Waals surface area contributed by atoms with E-state index >= 15 is 0 Å². The third-order valence-corrected chi connectivity index (χ3v) is 5.36. The summed E-state index contributed by atoms with van der Waals surface area (Å²) in [6.45, 7) is 6.69. The summed E-state index contributed by atoms with van der Waals surface area (Å²) in [5.41, 5.74) is 4.07. The normalized spacial score (nSPS) is 14.5. The lowest BCUT2D eigenvalue weighted by atomic mass is 10.1. The van der Waals surface area contributed by atoms with Crippen LogP contribution < -0.4 is 15.5 Å². The van der Waals surface area contributed by atoms with E-state index in [0.717, 1.165) is 43.7 Å². The van der Waals surface area contributed by atoms with Crippen LogP contribution >= 0.6 is 0 Å². The van der Waals surface area contributed by atoms with Crippen LogP contribution in [0, 0.1) is 0 Å². The maximum Gasteiger partial charge on any atom is 0.313 e. The van der Waals surface area contributed by atoms with Gasteiger partial charge in [0.25, 0.3) is 0 Å². The third kappa shape index (κ3) is 5.81. The molecule has 2 amide bonds. The van der Waals surface area contributed by atoms with Gasteiger partial charge in [-0.2, -0.15) is 0 Å². The third-order valence-electron chi connectivity index (χ3n) is 5.36. The zero-order valence-corrected chi connectivity index (χ0v) is 17.3. The summed E-state index contributed by atoms with van der Waals surface area (Å²) in [6.07, 6.45) is 1.48. The maximum atomic E-state index is 12.1. The van der Waals surface area contributed by atoms with Crippen LogP contribution in [0.4, 0.5) is 11.4 Å². The zero-order valence-electron chi connectivity index (χ0n) is 17.3. The Bertz CT molecular complexity index is 827. The highest BCUT2D eigenvalue weighted by atomic mass is 16.2. The molecule has 0 atom stereocenters. The Morgan fingerprint density at radius 2 is 1.62 bits per heavy atom. The number of nitrogens with zero attached hydrogens (tertiary/aromatic N) is 2. The first kappa shape index (κ1) is 20.9. The Hall–Kier alpha value is -2.86. The molecular formula is C23H30N4O2. The Labute approximate surface area is 172 Å². The van der Waals surface area contributed by atoms with Crippen LogP contribution in [-0.4, -0.2) is 56.5 Å². The molecule has 0 aliphatic carbocycles. The smallest absolute Gasteiger partial charge is 0.313 e. The monoisotopic (exact) mass is 394 g/mol. The predicted octanol–water partition coefficient (Wildman–Crippen LogP) is 2.30. The fourth-order valence-electron chi connectivity index (χ4n) is 3.47. The van der Waals surface area contributed by atoms with E-state index in [1.165, 1.54) is 5.69 Å². The van der Waals surface area contributed by atoms with E-state index in [9.17, 15) is 9.59 Å². The van der Waals surface area contributed by atoms with E-state index in [4.69, 9.17) is 0 Å². The van der Waals surface area contributed by atoms with Crippen LogP contribution in [0.1, 0.15) is 18.1 Å². The minimum Gasteiger partial charge on any atom is -0.369 e. The van der Waals surface area contributed by atoms with Crippen molar-refractivity contribution in [3.63, 3.8) is 0 Å². The van der Waals surface area contributed by atoms with Gasteiger partial charge in [-0.15, -0.1) is 0 Å². The first-order valence-corrected chi connectivity index (χ1v) is 10.3. The number of anilines is 2. The van der Waals surface area contributed by atoms with Crippen LogP contribution in [0.5, 0.6) is 0 Å². The minimum atomic E-state index is -0.628. The molecule has 0 unspecified atom stereocenters. The number of hydrogen-bond donors (Lipinski definition) is 2. The number of piperazine rings is 1. The fourth-order valence-corrected chi connectivity index (χ4v) is 3.47. The number of aryl methyl sites for hydroxylation is 1. The summed E-state index contributed by atoms with van der Waals surface area (Å²) >= 11 is 0. The van der Waals surface area contributed by atoms with Gasteiger partial charge in [0.05, 0.1) is 0 Å². The van der Waals surface area contributed by atoms with Gasteiger partial charge in [-0.1, -0.05) is 37.3 Å². The number of para-hydroxylation sites is 1.